The number of nitrogens with zero attached hydrogens (tertiary/aromatic N) is 1. The fraction of sp³-hybridized carbons (Fsp3) is 0.375. The Labute approximate surface area is 119 Å². The van der Waals surface area contributed by atoms with Crippen molar-refractivity contribution in [1.29, 1.82) is 0 Å². The Hall–Kier alpha value is -2.10. The van der Waals surface area contributed by atoms with Crippen molar-refractivity contribution in [3.05, 3.63) is 53.2 Å². The van der Waals surface area contributed by atoms with Crippen LogP contribution in [0.4, 0.5) is 0 Å². The van der Waals surface area contributed by atoms with Crippen molar-refractivity contribution in [2.45, 2.75) is 33.1 Å². The number of oxazole rings is 1. The summed E-state index contributed by atoms with van der Waals surface area (Å²) in [4.78, 5) is 15.9. The molecule has 4 nitrogen and oxygen atoms in total. The standard InChI is InChI=1S/C16H20N2O2/c1-12-5-3-4-6-14(12)7-8-15(19)17-10-9-16-18-11-13(2)20-16/h3-6,11H,7-10H2,1-2H3,(H,17,19). The molecule has 0 saturated heterocycles. The predicted molar refractivity (Wildman–Crippen MR) is 77.5 cm³/mol. The lowest BCUT2D eigenvalue weighted by Crippen LogP contribution is -2.26. The Morgan fingerprint density at radius 1 is 1.25 bits per heavy atom. The highest BCUT2D eigenvalue weighted by molar-refractivity contribution is 5.76. The summed E-state index contributed by atoms with van der Waals surface area (Å²) in [6, 6.07) is 8.15. The molecule has 0 saturated carbocycles. The van der Waals surface area contributed by atoms with E-state index in [4.69, 9.17) is 4.42 Å². The lowest BCUT2D eigenvalue weighted by molar-refractivity contribution is -0.121. The third kappa shape index (κ3) is 4.23. The number of carbonyl (C=O) groups is 1. The van der Waals surface area contributed by atoms with Crippen LogP contribution in [0.25, 0.3) is 0 Å². The van der Waals surface area contributed by atoms with Gasteiger partial charge in [0.2, 0.25) is 5.91 Å². The number of aryl methyl sites for hydroxylation is 3. The largest absolute Gasteiger partial charge is 0.446 e. The second kappa shape index (κ2) is 6.89. The molecule has 0 atom stereocenters. The summed E-state index contributed by atoms with van der Waals surface area (Å²) in [5, 5.41) is 2.89. The lowest BCUT2D eigenvalue weighted by Gasteiger charge is -2.06. The van der Waals surface area contributed by atoms with Crippen molar-refractivity contribution in [3.63, 3.8) is 0 Å². The first-order valence-electron chi connectivity index (χ1n) is 6.87. The Morgan fingerprint density at radius 2 is 2.05 bits per heavy atom. The summed E-state index contributed by atoms with van der Waals surface area (Å²) in [6.45, 7) is 4.49. The van der Waals surface area contributed by atoms with Crippen LogP contribution in [0, 0.1) is 13.8 Å². The second-order valence-corrected chi connectivity index (χ2v) is 4.89. The third-order valence-corrected chi connectivity index (χ3v) is 3.21. The fourth-order valence-electron chi connectivity index (χ4n) is 2.05. The van der Waals surface area contributed by atoms with Gasteiger partial charge >= 0.3 is 0 Å². The summed E-state index contributed by atoms with van der Waals surface area (Å²) in [6.07, 6.45) is 3.60. The van der Waals surface area contributed by atoms with Gasteiger partial charge < -0.3 is 9.73 Å². The molecule has 2 aromatic rings. The van der Waals surface area contributed by atoms with E-state index in [9.17, 15) is 4.79 Å². The number of hydrogen-bond acceptors (Lipinski definition) is 3. The second-order valence-electron chi connectivity index (χ2n) is 4.89. The Morgan fingerprint density at radius 3 is 2.75 bits per heavy atom. The molecule has 0 radical (unpaired) electrons. The van der Waals surface area contributed by atoms with Gasteiger partial charge in [-0.3, -0.25) is 4.79 Å². The van der Waals surface area contributed by atoms with E-state index in [2.05, 4.69) is 29.4 Å². The van der Waals surface area contributed by atoms with E-state index in [-0.39, 0.29) is 5.91 Å². The average Bonchev–Trinajstić information content (AvgIpc) is 2.83. The molecule has 4 heteroatoms. The van der Waals surface area contributed by atoms with E-state index in [1.54, 1.807) is 6.20 Å². The highest BCUT2D eigenvalue weighted by Gasteiger charge is 2.05. The maximum absolute atomic E-state index is 11.8. The van der Waals surface area contributed by atoms with Crippen LogP contribution in [0.5, 0.6) is 0 Å². The number of carbonyl (C=O) groups excluding carboxylic acids is 1. The maximum atomic E-state index is 11.8. The molecule has 1 N–H and O–H groups in total. The first-order valence-corrected chi connectivity index (χ1v) is 6.87. The van der Waals surface area contributed by atoms with Crippen LogP contribution in [0.15, 0.2) is 34.9 Å². The van der Waals surface area contributed by atoms with Crippen molar-refractivity contribution in [2.75, 3.05) is 6.54 Å². The minimum absolute atomic E-state index is 0.0662. The molecule has 1 amide bonds. The van der Waals surface area contributed by atoms with Gasteiger partial charge in [0.15, 0.2) is 5.89 Å². The van der Waals surface area contributed by atoms with Crippen molar-refractivity contribution in [3.8, 4) is 0 Å². The Balaban J connectivity index is 1.69. The zero-order valence-corrected chi connectivity index (χ0v) is 12.0. The van der Waals surface area contributed by atoms with E-state index in [0.717, 1.165) is 12.2 Å². The molecule has 0 unspecified atom stereocenters. The number of nitrogens with one attached hydrogen (secondary N) is 1. The molecule has 1 heterocycles. The number of amides is 1. The average molecular weight is 272 g/mol. The van der Waals surface area contributed by atoms with Gasteiger partial charge in [-0.2, -0.15) is 0 Å². The molecule has 0 fully saturated rings. The van der Waals surface area contributed by atoms with Crippen molar-refractivity contribution >= 4 is 5.91 Å². The van der Waals surface area contributed by atoms with Gasteiger partial charge in [0.25, 0.3) is 0 Å². The molecule has 20 heavy (non-hydrogen) atoms. The van der Waals surface area contributed by atoms with Gasteiger partial charge in [0.05, 0.1) is 6.20 Å². The minimum atomic E-state index is 0.0662. The molecular formula is C16H20N2O2. The van der Waals surface area contributed by atoms with E-state index in [1.165, 1.54) is 11.1 Å². The molecule has 0 spiro atoms. The van der Waals surface area contributed by atoms with Crippen LogP contribution < -0.4 is 5.32 Å². The van der Waals surface area contributed by atoms with Gasteiger partial charge in [-0.1, -0.05) is 24.3 Å². The van der Waals surface area contributed by atoms with Crippen LogP contribution >= 0.6 is 0 Å². The van der Waals surface area contributed by atoms with Gasteiger partial charge in [0, 0.05) is 19.4 Å². The van der Waals surface area contributed by atoms with Crippen LogP contribution in [0.3, 0.4) is 0 Å². The van der Waals surface area contributed by atoms with Gasteiger partial charge in [-0.05, 0) is 31.4 Å². The summed E-state index contributed by atoms with van der Waals surface area (Å²) >= 11 is 0. The third-order valence-electron chi connectivity index (χ3n) is 3.21. The molecule has 106 valence electrons. The van der Waals surface area contributed by atoms with Gasteiger partial charge in [-0.25, -0.2) is 4.98 Å². The Kier molecular flexibility index (Phi) is 4.93. The van der Waals surface area contributed by atoms with Gasteiger partial charge in [-0.15, -0.1) is 0 Å². The van der Waals surface area contributed by atoms with Crippen molar-refractivity contribution in [2.24, 2.45) is 0 Å². The number of rotatable bonds is 6. The molecule has 2 rings (SSSR count). The topological polar surface area (TPSA) is 55.1 Å². The molecule has 0 bridgehead atoms. The first kappa shape index (κ1) is 14.3. The molecule has 0 aliphatic rings. The summed E-state index contributed by atoms with van der Waals surface area (Å²) in [5.74, 6) is 1.53. The summed E-state index contributed by atoms with van der Waals surface area (Å²) in [5.41, 5.74) is 2.46. The summed E-state index contributed by atoms with van der Waals surface area (Å²) in [7, 11) is 0. The minimum Gasteiger partial charge on any atom is -0.446 e. The van der Waals surface area contributed by atoms with E-state index >= 15 is 0 Å². The fourth-order valence-corrected chi connectivity index (χ4v) is 2.05. The zero-order valence-electron chi connectivity index (χ0n) is 12.0. The number of hydrogen-bond donors (Lipinski definition) is 1. The molecule has 1 aromatic heterocycles. The van der Waals surface area contributed by atoms with Crippen LogP contribution in [0.1, 0.15) is 29.2 Å². The lowest BCUT2D eigenvalue weighted by atomic mass is 10.0. The van der Waals surface area contributed by atoms with Crippen molar-refractivity contribution < 1.29 is 9.21 Å². The van der Waals surface area contributed by atoms with Crippen LogP contribution in [-0.4, -0.2) is 17.4 Å². The van der Waals surface area contributed by atoms with E-state index in [1.807, 2.05) is 19.1 Å². The first-order chi connectivity index (χ1) is 9.65. The predicted octanol–water partition coefficient (Wildman–Crippen LogP) is 2.58. The van der Waals surface area contributed by atoms with Crippen LogP contribution in [-0.2, 0) is 17.6 Å². The monoisotopic (exact) mass is 272 g/mol. The molecule has 0 aliphatic heterocycles. The smallest absolute Gasteiger partial charge is 0.220 e. The Bertz CT molecular complexity index is 575. The number of aromatic nitrogens is 1. The van der Waals surface area contributed by atoms with Crippen LogP contribution in [0.2, 0.25) is 0 Å². The van der Waals surface area contributed by atoms with Crippen molar-refractivity contribution in [1.82, 2.24) is 10.3 Å². The molecule has 1 aromatic carbocycles. The highest BCUT2D eigenvalue weighted by Crippen LogP contribution is 2.09. The molecule has 0 aliphatic carbocycles. The molecular weight excluding hydrogens is 252 g/mol. The zero-order chi connectivity index (χ0) is 14.4. The normalized spacial score (nSPS) is 10.5. The van der Waals surface area contributed by atoms with E-state index < -0.39 is 0 Å². The SMILES string of the molecule is Cc1cnc(CCNC(=O)CCc2ccccc2C)o1. The van der Waals surface area contributed by atoms with Gasteiger partial charge in [0.1, 0.15) is 5.76 Å². The maximum Gasteiger partial charge on any atom is 0.220 e. The highest BCUT2D eigenvalue weighted by atomic mass is 16.4. The summed E-state index contributed by atoms with van der Waals surface area (Å²) < 4.78 is 5.35. The quantitative estimate of drug-likeness (QED) is 0.879. The van der Waals surface area contributed by atoms with E-state index in [0.29, 0.717) is 25.3 Å². The number of benzene rings is 1.